The quantitative estimate of drug-likeness (QED) is 0.0721. The average molecular weight is 1350 g/mol. The fourth-order valence-electron chi connectivity index (χ4n) is 14.2. The molecular formula is C86H130N4O8. The molecule has 0 unspecified atom stereocenters. The molecule has 98 heavy (non-hydrogen) atoms. The standard InChI is InChI=1S/C86H130N4O8/c1-23-60-48-68(84(17,18)80(6,7)8)50-62(76(60)96-56-72(92)88-38-30-25-31-39-88)46-64-52-70(86(21,22)82(12,13)14)54-66(78(64)98-58-74(94)90-42-34-27-35-43-90)47-65-53-69(85(19,20)81(9,10)11)51-63(77(65)97-57-73(93)89-40-32-26-33-41-89)45-61-49-67(83(15,16)79(3,4)5)44-59(2)75(61)95-55-71(91)87-36-28-24-29-37-87/h44,48-54H,23-43,45-47,55-58H2,1-22H3. The van der Waals surface area contributed by atoms with Gasteiger partial charge in [-0.1, -0.05) is 194 Å². The molecule has 4 fully saturated rings. The van der Waals surface area contributed by atoms with Crippen molar-refractivity contribution in [3.05, 3.63) is 115 Å². The average Bonchev–Trinajstić information content (AvgIpc) is 0.766. The van der Waals surface area contributed by atoms with E-state index in [1.165, 1.54) is 11.1 Å². The monoisotopic (exact) mass is 1350 g/mol. The third-order valence-electron chi connectivity index (χ3n) is 25.2. The maximum absolute atomic E-state index is 14.7. The van der Waals surface area contributed by atoms with Crippen LogP contribution in [0.15, 0.2) is 48.5 Å². The van der Waals surface area contributed by atoms with Crippen LogP contribution in [0, 0.1) is 28.6 Å². The number of nitrogens with zero attached hydrogens (tertiary/aromatic N) is 4. The predicted molar refractivity (Wildman–Crippen MR) is 402 cm³/mol. The molecule has 4 aliphatic rings. The van der Waals surface area contributed by atoms with Crippen molar-refractivity contribution in [1.29, 1.82) is 0 Å². The van der Waals surface area contributed by atoms with E-state index in [0.717, 1.165) is 165 Å². The summed E-state index contributed by atoms with van der Waals surface area (Å²) in [7, 11) is 0. The summed E-state index contributed by atoms with van der Waals surface area (Å²) in [6.45, 7) is 55.9. The van der Waals surface area contributed by atoms with Crippen LogP contribution in [0.4, 0.5) is 0 Å². The van der Waals surface area contributed by atoms with Crippen molar-refractivity contribution in [2.24, 2.45) is 21.7 Å². The molecule has 0 aromatic heterocycles. The summed E-state index contributed by atoms with van der Waals surface area (Å²) < 4.78 is 28.6. The molecule has 0 N–H and O–H groups in total. The smallest absolute Gasteiger partial charge is 0.260 e. The highest BCUT2D eigenvalue weighted by Gasteiger charge is 2.41. The van der Waals surface area contributed by atoms with Crippen LogP contribution < -0.4 is 18.9 Å². The number of ether oxygens (including phenoxy) is 4. The summed E-state index contributed by atoms with van der Waals surface area (Å²) in [6, 6.07) is 18.5. The van der Waals surface area contributed by atoms with Crippen LogP contribution in [0.5, 0.6) is 23.0 Å². The summed E-state index contributed by atoms with van der Waals surface area (Å²) >= 11 is 0. The zero-order valence-electron chi connectivity index (χ0n) is 65.5. The Labute approximate surface area is 593 Å². The van der Waals surface area contributed by atoms with Gasteiger partial charge in [-0.15, -0.1) is 0 Å². The Morgan fingerprint density at radius 2 is 0.490 bits per heavy atom. The third kappa shape index (κ3) is 17.8. The van der Waals surface area contributed by atoms with E-state index in [2.05, 4.69) is 201 Å². The van der Waals surface area contributed by atoms with Gasteiger partial charge < -0.3 is 38.5 Å². The second-order valence-electron chi connectivity index (χ2n) is 36.0. The molecule has 4 heterocycles. The number of rotatable bonds is 23. The molecular weight excluding hydrogens is 1220 g/mol. The number of piperidine rings is 4. The summed E-state index contributed by atoms with van der Waals surface area (Å²) in [5, 5.41) is 0. The summed E-state index contributed by atoms with van der Waals surface area (Å²) in [5.74, 6) is 2.61. The lowest BCUT2D eigenvalue weighted by Gasteiger charge is -2.41. The highest BCUT2D eigenvalue weighted by molar-refractivity contribution is 5.80. The van der Waals surface area contributed by atoms with E-state index in [9.17, 15) is 19.2 Å². The van der Waals surface area contributed by atoms with Gasteiger partial charge in [-0.25, -0.2) is 0 Å². The van der Waals surface area contributed by atoms with Gasteiger partial charge in [0, 0.05) is 71.6 Å². The minimum absolute atomic E-state index is 0.00319. The van der Waals surface area contributed by atoms with E-state index in [4.69, 9.17) is 18.9 Å². The number of likely N-dealkylation sites (tertiary alicyclic amines) is 4. The van der Waals surface area contributed by atoms with Crippen molar-refractivity contribution >= 4 is 23.6 Å². The number of aryl methyl sites for hydroxylation is 2. The van der Waals surface area contributed by atoms with Gasteiger partial charge in [0.15, 0.2) is 26.4 Å². The summed E-state index contributed by atoms with van der Waals surface area (Å²) in [5.41, 5.74) is 10.1. The topological polar surface area (TPSA) is 118 Å². The lowest BCUT2D eigenvalue weighted by molar-refractivity contribution is -0.135. The van der Waals surface area contributed by atoms with Crippen molar-refractivity contribution in [3.63, 3.8) is 0 Å². The highest BCUT2D eigenvalue weighted by atomic mass is 16.5. The van der Waals surface area contributed by atoms with E-state index in [1.54, 1.807) is 0 Å². The minimum atomic E-state index is -0.402. The lowest BCUT2D eigenvalue weighted by atomic mass is 9.64. The van der Waals surface area contributed by atoms with Crippen LogP contribution in [0.2, 0.25) is 0 Å². The first-order valence-electron chi connectivity index (χ1n) is 37.9. The van der Waals surface area contributed by atoms with Gasteiger partial charge in [0.25, 0.3) is 23.6 Å². The van der Waals surface area contributed by atoms with E-state index in [-0.39, 0.29) is 82.5 Å². The Hall–Kier alpha value is -6.04. The zero-order chi connectivity index (χ0) is 72.1. The molecule has 4 aromatic rings. The first-order chi connectivity index (χ1) is 45.7. The van der Waals surface area contributed by atoms with E-state index >= 15 is 0 Å². The van der Waals surface area contributed by atoms with Gasteiger partial charge in [-0.2, -0.15) is 0 Å². The van der Waals surface area contributed by atoms with Crippen molar-refractivity contribution in [1.82, 2.24) is 19.6 Å². The summed E-state index contributed by atoms with van der Waals surface area (Å²) in [4.78, 5) is 65.6. The van der Waals surface area contributed by atoms with Crippen LogP contribution in [-0.2, 0) is 66.5 Å². The Morgan fingerprint density at radius 1 is 0.296 bits per heavy atom. The van der Waals surface area contributed by atoms with Crippen LogP contribution in [-0.4, -0.2) is 122 Å². The zero-order valence-corrected chi connectivity index (χ0v) is 65.5. The van der Waals surface area contributed by atoms with Crippen molar-refractivity contribution in [3.8, 4) is 23.0 Å². The van der Waals surface area contributed by atoms with E-state index < -0.39 is 10.8 Å². The maximum atomic E-state index is 14.7. The van der Waals surface area contributed by atoms with Crippen LogP contribution in [0.3, 0.4) is 0 Å². The molecule has 4 aromatic carbocycles. The molecule has 8 rings (SSSR count). The molecule has 0 bridgehead atoms. The maximum Gasteiger partial charge on any atom is 0.260 e. The Morgan fingerprint density at radius 3 is 0.714 bits per heavy atom. The number of benzene rings is 4. The van der Waals surface area contributed by atoms with Gasteiger partial charge in [-0.05, 0) is 200 Å². The SMILES string of the molecule is CCc1cc(C(C)(C)C(C)(C)C)cc(Cc2cc(C(C)(C)C(C)(C)C)cc(Cc3cc(C(C)(C)C(C)(C)C)cc(Cc4cc(C(C)(C)C(C)(C)C)cc(C)c4OCC(=O)N4CCCCC4)c3OCC(=O)N3CCCCC3)c2OCC(=O)N2CCCCC2)c1OCC(=O)N1CCCCC1. The Balaban J connectivity index is 1.43. The molecule has 4 aliphatic heterocycles. The largest absolute Gasteiger partial charge is 0.483 e. The normalized spacial score (nSPS) is 16.7. The second kappa shape index (κ2) is 31.1. The van der Waals surface area contributed by atoms with Crippen LogP contribution >= 0.6 is 0 Å². The fourth-order valence-corrected chi connectivity index (χ4v) is 14.2. The second-order valence-corrected chi connectivity index (χ2v) is 36.0. The van der Waals surface area contributed by atoms with Crippen LogP contribution in [0.1, 0.15) is 289 Å². The van der Waals surface area contributed by atoms with Crippen molar-refractivity contribution in [2.45, 2.75) is 277 Å². The first kappa shape index (κ1) is 77.7. The van der Waals surface area contributed by atoms with Gasteiger partial charge in [-0.3, -0.25) is 19.2 Å². The first-order valence-corrected chi connectivity index (χ1v) is 37.9. The molecule has 0 saturated carbocycles. The molecule has 4 saturated heterocycles. The number of hydrogen-bond donors (Lipinski definition) is 0. The molecule has 542 valence electrons. The fraction of sp³-hybridized carbons (Fsp3) is 0.674. The number of hydrogen-bond acceptors (Lipinski definition) is 8. The highest BCUT2D eigenvalue weighted by Crippen LogP contribution is 2.50. The molecule has 4 amide bonds. The number of carbonyl (C=O) groups is 4. The predicted octanol–water partition coefficient (Wildman–Crippen LogP) is 18.2. The minimum Gasteiger partial charge on any atom is -0.483 e. The van der Waals surface area contributed by atoms with E-state index in [0.29, 0.717) is 69.1 Å². The van der Waals surface area contributed by atoms with Gasteiger partial charge in [0.2, 0.25) is 0 Å². The number of carbonyl (C=O) groups excluding carboxylic acids is 4. The lowest BCUT2D eigenvalue weighted by Crippen LogP contribution is -2.39. The van der Waals surface area contributed by atoms with E-state index in [1.807, 2.05) is 19.6 Å². The van der Waals surface area contributed by atoms with Crippen molar-refractivity contribution < 1.29 is 38.1 Å². The van der Waals surface area contributed by atoms with Gasteiger partial charge in [0.1, 0.15) is 23.0 Å². The third-order valence-corrected chi connectivity index (χ3v) is 25.2. The van der Waals surface area contributed by atoms with Gasteiger partial charge in [0.05, 0.1) is 0 Å². The molecule has 0 aliphatic carbocycles. The Bertz CT molecular complexity index is 3440. The van der Waals surface area contributed by atoms with Crippen molar-refractivity contribution in [2.75, 3.05) is 78.8 Å². The number of amides is 4. The summed E-state index contributed by atoms with van der Waals surface area (Å²) in [6.07, 6.45) is 14.0. The van der Waals surface area contributed by atoms with Gasteiger partial charge >= 0.3 is 0 Å². The molecule has 0 radical (unpaired) electrons. The Kier molecular flexibility index (Phi) is 24.6. The molecule has 0 spiro atoms. The molecule has 12 nitrogen and oxygen atoms in total. The molecule has 12 heteroatoms. The van der Waals surface area contributed by atoms with Crippen LogP contribution in [0.25, 0.3) is 0 Å². The molecule has 0 atom stereocenters.